The summed E-state index contributed by atoms with van der Waals surface area (Å²) in [7, 11) is 0. The van der Waals surface area contributed by atoms with Crippen LogP contribution >= 0.6 is 0 Å². The number of piperazine rings is 1. The van der Waals surface area contributed by atoms with Crippen molar-refractivity contribution < 1.29 is 0 Å². The van der Waals surface area contributed by atoms with Crippen LogP contribution in [0.5, 0.6) is 0 Å². The second kappa shape index (κ2) is 3.83. The van der Waals surface area contributed by atoms with E-state index in [0.717, 1.165) is 32.7 Å². The Morgan fingerprint density at radius 1 is 1.31 bits per heavy atom. The third-order valence-electron chi connectivity index (χ3n) is 2.62. The van der Waals surface area contributed by atoms with Crippen LogP contribution in [0.3, 0.4) is 0 Å². The Labute approximate surface area is 79.5 Å². The topological polar surface area (TPSA) is 27.3 Å². The molecular formula is C10H17N3. The van der Waals surface area contributed by atoms with Gasteiger partial charge in [-0.2, -0.15) is 0 Å². The largest absolute Gasteiger partial charge is 0.387 e. The average molecular weight is 179 g/mol. The van der Waals surface area contributed by atoms with Gasteiger partial charge in [0.15, 0.2) is 0 Å². The fourth-order valence-electron chi connectivity index (χ4n) is 1.86. The average Bonchev–Trinajstić information content (AvgIpc) is 2.20. The summed E-state index contributed by atoms with van der Waals surface area (Å²) in [4.78, 5) is 2.46. The van der Waals surface area contributed by atoms with E-state index < -0.39 is 0 Å². The maximum Gasteiger partial charge on any atom is 0.0388 e. The number of nitrogens with zero attached hydrogens (tertiary/aromatic N) is 1. The molecule has 0 aromatic heterocycles. The first-order valence-electron chi connectivity index (χ1n) is 4.93. The van der Waals surface area contributed by atoms with Gasteiger partial charge in [-0.05, 0) is 24.8 Å². The van der Waals surface area contributed by atoms with Gasteiger partial charge in [-0.3, -0.25) is 0 Å². The normalized spacial score (nSPS) is 23.3. The van der Waals surface area contributed by atoms with Crippen LogP contribution in [0.1, 0.15) is 6.92 Å². The van der Waals surface area contributed by atoms with Crippen LogP contribution in [0, 0.1) is 0 Å². The Kier molecular flexibility index (Phi) is 2.54. The van der Waals surface area contributed by atoms with E-state index in [1.807, 2.05) is 6.20 Å². The molecule has 0 aliphatic carbocycles. The fourth-order valence-corrected chi connectivity index (χ4v) is 1.86. The highest BCUT2D eigenvalue weighted by molar-refractivity contribution is 5.28. The summed E-state index contributed by atoms with van der Waals surface area (Å²) in [5, 5.41) is 6.59. The number of allylic oxidation sites excluding steroid dienone is 1. The third-order valence-corrected chi connectivity index (χ3v) is 2.62. The smallest absolute Gasteiger partial charge is 0.0388 e. The molecule has 0 spiro atoms. The van der Waals surface area contributed by atoms with Crippen LogP contribution in [0.25, 0.3) is 0 Å². The van der Waals surface area contributed by atoms with E-state index in [0.29, 0.717) is 0 Å². The van der Waals surface area contributed by atoms with Crippen LogP contribution in [0.2, 0.25) is 0 Å². The van der Waals surface area contributed by atoms with E-state index in [-0.39, 0.29) is 0 Å². The second-order valence-corrected chi connectivity index (χ2v) is 3.62. The molecule has 2 N–H and O–H groups in total. The molecule has 2 heterocycles. The van der Waals surface area contributed by atoms with Crippen molar-refractivity contribution in [3.63, 3.8) is 0 Å². The predicted molar refractivity (Wildman–Crippen MR) is 54.3 cm³/mol. The van der Waals surface area contributed by atoms with Crippen molar-refractivity contribution in [3.8, 4) is 0 Å². The minimum absolute atomic E-state index is 0.996. The number of rotatable bonds is 1. The molecule has 1 saturated heterocycles. The summed E-state index contributed by atoms with van der Waals surface area (Å²) in [5.41, 5.74) is 2.87. The fraction of sp³-hybridized carbons (Fsp3) is 0.600. The van der Waals surface area contributed by atoms with Crippen molar-refractivity contribution in [2.45, 2.75) is 6.92 Å². The summed E-state index contributed by atoms with van der Waals surface area (Å²) >= 11 is 0. The van der Waals surface area contributed by atoms with Gasteiger partial charge in [0.05, 0.1) is 0 Å². The molecule has 13 heavy (non-hydrogen) atoms. The maximum absolute atomic E-state index is 3.36. The molecule has 0 atom stereocenters. The summed E-state index contributed by atoms with van der Waals surface area (Å²) in [5.74, 6) is 0. The van der Waals surface area contributed by atoms with Crippen LogP contribution < -0.4 is 10.6 Å². The Morgan fingerprint density at radius 3 is 2.77 bits per heavy atom. The lowest BCUT2D eigenvalue weighted by atomic mass is 10.1. The zero-order valence-electron chi connectivity index (χ0n) is 8.14. The van der Waals surface area contributed by atoms with Gasteiger partial charge in [0.1, 0.15) is 0 Å². The Morgan fingerprint density at radius 2 is 2.08 bits per heavy atom. The molecule has 0 bridgehead atoms. The molecule has 2 rings (SSSR count). The Balaban J connectivity index is 2.09. The molecule has 3 heteroatoms. The lowest BCUT2D eigenvalue weighted by molar-refractivity contribution is 0.303. The minimum Gasteiger partial charge on any atom is -0.387 e. The van der Waals surface area contributed by atoms with Crippen LogP contribution in [0.15, 0.2) is 23.5 Å². The summed E-state index contributed by atoms with van der Waals surface area (Å²) in [6.45, 7) is 7.69. The van der Waals surface area contributed by atoms with Crippen molar-refractivity contribution in [2.24, 2.45) is 0 Å². The first kappa shape index (κ1) is 8.63. The third kappa shape index (κ3) is 1.86. The molecular weight excluding hydrogens is 162 g/mol. The molecule has 0 radical (unpaired) electrons. The van der Waals surface area contributed by atoms with Crippen molar-refractivity contribution in [2.75, 3.05) is 32.7 Å². The van der Waals surface area contributed by atoms with Crippen molar-refractivity contribution in [1.29, 1.82) is 0 Å². The molecule has 1 fully saturated rings. The Hall–Kier alpha value is -0.960. The Bertz CT molecular complexity index is 237. The van der Waals surface area contributed by atoms with Gasteiger partial charge in [0.25, 0.3) is 0 Å². The van der Waals surface area contributed by atoms with E-state index in [1.165, 1.54) is 11.3 Å². The first-order valence-corrected chi connectivity index (χ1v) is 4.93. The number of dihydropyridines is 1. The number of nitrogens with one attached hydrogen (secondary N) is 2. The number of hydrogen-bond donors (Lipinski definition) is 2. The summed E-state index contributed by atoms with van der Waals surface area (Å²) in [6.07, 6.45) is 4.23. The molecule has 0 aromatic rings. The van der Waals surface area contributed by atoms with Gasteiger partial charge >= 0.3 is 0 Å². The van der Waals surface area contributed by atoms with Crippen LogP contribution in [-0.4, -0.2) is 37.6 Å². The van der Waals surface area contributed by atoms with E-state index in [9.17, 15) is 0 Å². The number of hydrogen-bond acceptors (Lipinski definition) is 3. The SMILES string of the molecule is CC1=C(N2CCNCC2)C=CNC1. The van der Waals surface area contributed by atoms with Gasteiger partial charge < -0.3 is 15.5 Å². The maximum atomic E-state index is 3.36. The molecule has 3 nitrogen and oxygen atoms in total. The van der Waals surface area contributed by atoms with Crippen LogP contribution in [0.4, 0.5) is 0 Å². The van der Waals surface area contributed by atoms with E-state index in [4.69, 9.17) is 0 Å². The highest BCUT2D eigenvalue weighted by atomic mass is 15.2. The van der Waals surface area contributed by atoms with Crippen LogP contribution in [-0.2, 0) is 0 Å². The molecule has 0 saturated carbocycles. The van der Waals surface area contributed by atoms with Crippen molar-refractivity contribution in [1.82, 2.24) is 15.5 Å². The standard InChI is InChI=1S/C10H17N3/c1-9-8-12-3-2-10(9)13-6-4-11-5-7-13/h2-3,11-12H,4-8H2,1H3. The molecule has 0 amide bonds. The lowest BCUT2D eigenvalue weighted by Crippen LogP contribution is -2.43. The zero-order chi connectivity index (χ0) is 9.10. The summed E-state index contributed by atoms with van der Waals surface area (Å²) < 4.78 is 0. The van der Waals surface area contributed by atoms with Gasteiger partial charge in [0.2, 0.25) is 0 Å². The minimum atomic E-state index is 0.996. The van der Waals surface area contributed by atoms with Gasteiger partial charge in [0, 0.05) is 38.4 Å². The molecule has 72 valence electrons. The van der Waals surface area contributed by atoms with Crippen molar-refractivity contribution >= 4 is 0 Å². The first-order chi connectivity index (χ1) is 6.38. The molecule has 2 aliphatic heterocycles. The zero-order valence-corrected chi connectivity index (χ0v) is 8.14. The molecule has 2 aliphatic rings. The molecule has 0 aromatic carbocycles. The van der Waals surface area contributed by atoms with E-state index in [2.05, 4.69) is 28.5 Å². The lowest BCUT2D eigenvalue weighted by Gasteiger charge is -2.32. The van der Waals surface area contributed by atoms with Gasteiger partial charge in [-0.1, -0.05) is 0 Å². The second-order valence-electron chi connectivity index (χ2n) is 3.62. The highest BCUT2D eigenvalue weighted by Crippen LogP contribution is 2.14. The van der Waals surface area contributed by atoms with Gasteiger partial charge in [-0.15, -0.1) is 0 Å². The molecule has 0 unspecified atom stereocenters. The van der Waals surface area contributed by atoms with E-state index >= 15 is 0 Å². The van der Waals surface area contributed by atoms with E-state index in [1.54, 1.807) is 0 Å². The summed E-state index contributed by atoms with van der Waals surface area (Å²) in [6, 6.07) is 0. The van der Waals surface area contributed by atoms with Gasteiger partial charge in [-0.25, -0.2) is 0 Å². The quantitative estimate of drug-likeness (QED) is 0.605. The van der Waals surface area contributed by atoms with Crippen molar-refractivity contribution in [3.05, 3.63) is 23.5 Å². The highest BCUT2D eigenvalue weighted by Gasteiger charge is 2.14. The monoisotopic (exact) mass is 179 g/mol. The predicted octanol–water partition coefficient (Wildman–Crippen LogP) is 0.283.